The SMILES string of the molecule is Cc1cnccc1CNc1ccc(C(=O)O)c([N+](=O)[O-])c1. The van der Waals surface area contributed by atoms with Gasteiger partial charge in [0.05, 0.1) is 4.92 Å². The number of rotatable bonds is 5. The Morgan fingerprint density at radius 2 is 2.19 bits per heavy atom. The molecule has 7 heteroatoms. The second kappa shape index (κ2) is 6.00. The predicted octanol–water partition coefficient (Wildman–Crippen LogP) is 2.61. The second-order valence-electron chi connectivity index (χ2n) is 4.45. The minimum absolute atomic E-state index is 0.328. The number of aromatic carboxylic acids is 1. The summed E-state index contributed by atoms with van der Waals surface area (Å²) >= 11 is 0. The van der Waals surface area contributed by atoms with Crippen LogP contribution in [0.1, 0.15) is 21.5 Å². The van der Waals surface area contributed by atoms with Crippen LogP contribution in [-0.4, -0.2) is 21.0 Å². The summed E-state index contributed by atoms with van der Waals surface area (Å²) in [6.07, 6.45) is 3.40. The Kier molecular flexibility index (Phi) is 4.13. The first-order valence-corrected chi connectivity index (χ1v) is 6.14. The van der Waals surface area contributed by atoms with Crippen molar-refractivity contribution < 1.29 is 14.8 Å². The number of benzene rings is 1. The molecule has 7 nitrogen and oxygen atoms in total. The van der Waals surface area contributed by atoms with E-state index in [1.807, 2.05) is 13.0 Å². The van der Waals surface area contributed by atoms with E-state index in [2.05, 4.69) is 10.3 Å². The molecule has 0 aliphatic heterocycles. The van der Waals surface area contributed by atoms with Gasteiger partial charge in [0, 0.05) is 30.7 Å². The summed E-state index contributed by atoms with van der Waals surface area (Å²) in [6.45, 7) is 2.39. The number of pyridine rings is 1. The number of hydrogen-bond acceptors (Lipinski definition) is 5. The minimum Gasteiger partial charge on any atom is -0.477 e. The highest BCUT2D eigenvalue weighted by Gasteiger charge is 2.19. The Balaban J connectivity index is 2.22. The lowest BCUT2D eigenvalue weighted by Crippen LogP contribution is -2.05. The van der Waals surface area contributed by atoms with E-state index in [-0.39, 0.29) is 5.56 Å². The highest BCUT2D eigenvalue weighted by molar-refractivity contribution is 5.93. The van der Waals surface area contributed by atoms with Crippen molar-refractivity contribution >= 4 is 17.3 Å². The minimum atomic E-state index is -1.32. The van der Waals surface area contributed by atoms with Crippen molar-refractivity contribution in [3.05, 3.63) is 63.5 Å². The van der Waals surface area contributed by atoms with Gasteiger partial charge in [-0.05, 0) is 36.2 Å². The summed E-state index contributed by atoms with van der Waals surface area (Å²) in [4.78, 5) is 25.1. The third-order valence-electron chi connectivity index (χ3n) is 3.04. The predicted molar refractivity (Wildman–Crippen MR) is 76.4 cm³/mol. The molecule has 2 aromatic rings. The number of aromatic nitrogens is 1. The molecule has 0 bridgehead atoms. The molecule has 0 spiro atoms. The van der Waals surface area contributed by atoms with Crippen molar-refractivity contribution in [3.8, 4) is 0 Å². The van der Waals surface area contributed by atoms with Crippen molar-refractivity contribution in [2.75, 3.05) is 5.32 Å². The van der Waals surface area contributed by atoms with Gasteiger partial charge in [-0.3, -0.25) is 15.1 Å². The molecule has 2 rings (SSSR count). The monoisotopic (exact) mass is 287 g/mol. The van der Waals surface area contributed by atoms with Crippen LogP contribution in [0, 0.1) is 17.0 Å². The van der Waals surface area contributed by atoms with E-state index in [1.54, 1.807) is 12.4 Å². The van der Waals surface area contributed by atoms with Crippen LogP contribution < -0.4 is 5.32 Å². The van der Waals surface area contributed by atoms with E-state index in [0.29, 0.717) is 12.2 Å². The molecule has 0 unspecified atom stereocenters. The zero-order valence-corrected chi connectivity index (χ0v) is 11.2. The Bertz CT molecular complexity index is 700. The van der Waals surface area contributed by atoms with Crippen LogP contribution in [0.3, 0.4) is 0 Å². The largest absolute Gasteiger partial charge is 0.477 e. The fourth-order valence-electron chi connectivity index (χ4n) is 1.87. The third kappa shape index (κ3) is 3.33. The van der Waals surface area contributed by atoms with Crippen LogP contribution in [0.2, 0.25) is 0 Å². The van der Waals surface area contributed by atoms with Gasteiger partial charge in [-0.25, -0.2) is 4.79 Å². The molecule has 0 fully saturated rings. The maximum atomic E-state index is 10.9. The number of nitrogens with one attached hydrogen (secondary N) is 1. The maximum absolute atomic E-state index is 10.9. The molecular formula is C14H13N3O4. The van der Waals surface area contributed by atoms with Crippen molar-refractivity contribution in [2.45, 2.75) is 13.5 Å². The fraction of sp³-hybridized carbons (Fsp3) is 0.143. The lowest BCUT2D eigenvalue weighted by Gasteiger charge is -2.09. The molecule has 0 aliphatic carbocycles. The molecule has 0 aliphatic rings. The summed E-state index contributed by atoms with van der Waals surface area (Å²) in [5.74, 6) is -1.32. The van der Waals surface area contributed by atoms with Crippen molar-refractivity contribution in [2.24, 2.45) is 0 Å². The summed E-state index contributed by atoms with van der Waals surface area (Å²) < 4.78 is 0. The molecule has 1 aromatic heterocycles. The summed E-state index contributed by atoms with van der Waals surface area (Å²) in [7, 11) is 0. The third-order valence-corrected chi connectivity index (χ3v) is 3.04. The van der Waals surface area contributed by atoms with Crippen LogP contribution >= 0.6 is 0 Å². The van der Waals surface area contributed by atoms with Crippen LogP contribution in [0.5, 0.6) is 0 Å². The summed E-state index contributed by atoms with van der Waals surface area (Å²) in [5.41, 5.74) is 1.74. The standard InChI is InChI=1S/C14H13N3O4/c1-9-7-15-5-4-10(9)8-16-11-2-3-12(14(18)19)13(6-11)17(20)21/h2-7,16H,8H2,1H3,(H,18,19). The highest BCUT2D eigenvalue weighted by Crippen LogP contribution is 2.23. The second-order valence-corrected chi connectivity index (χ2v) is 4.45. The number of hydrogen-bond donors (Lipinski definition) is 2. The molecular weight excluding hydrogens is 274 g/mol. The number of aryl methyl sites for hydroxylation is 1. The molecule has 1 heterocycles. The topological polar surface area (TPSA) is 105 Å². The van der Waals surface area contributed by atoms with Crippen molar-refractivity contribution in [1.29, 1.82) is 0 Å². The van der Waals surface area contributed by atoms with Crippen LogP contribution in [0.4, 0.5) is 11.4 Å². The summed E-state index contributed by atoms with van der Waals surface area (Å²) in [5, 5.41) is 22.9. The number of carbonyl (C=O) groups is 1. The van der Waals surface area contributed by atoms with Gasteiger partial charge < -0.3 is 10.4 Å². The van der Waals surface area contributed by atoms with E-state index >= 15 is 0 Å². The number of nitro groups is 1. The molecule has 21 heavy (non-hydrogen) atoms. The molecule has 108 valence electrons. The Morgan fingerprint density at radius 1 is 1.43 bits per heavy atom. The van der Waals surface area contributed by atoms with Crippen molar-refractivity contribution in [3.63, 3.8) is 0 Å². The number of carboxylic acids is 1. The number of nitro benzene ring substituents is 1. The van der Waals surface area contributed by atoms with E-state index in [1.165, 1.54) is 18.2 Å². The molecule has 0 amide bonds. The molecule has 0 atom stereocenters. The average Bonchev–Trinajstić information content (AvgIpc) is 2.46. The summed E-state index contributed by atoms with van der Waals surface area (Å²) in [6, 6.07) is 5.80. The first-order chi connectivity index (χ1) is 9.99. The Labute approximate surface area is 120 Å². The molecule has 0 saturated heterocycles. The van der Waals surface area contributed by atoms with Crippen LogP contribution in [0.25, 0.3) is 0 Å². The molecule has 2 N–H and O–H groups in total. The smallest absolute Gasteiger partial charge is 0.342 e. The first-order valence-electron chi connectivity index (χ1n) is 6.14. The zero-order chi connectivity index (χ0) is 15.4. The van der Waals surface area contributed by atoms with E-state index in [9.17, 15) is 14.9 Å². The quantitative estimate of drug-likeness (QED) is 0.646. The van der Waals surface area contributed by atoms with Gasteiger partial charge in [0.25, 0.3) is 5.69 Å². The van der Waals surface area contributed by atoms with Gasteiger partial charge in [0.2, 0.25) is 0 Å². The number of anilines is 1. The van der Waals surface area contributed by atoms with Gasteiger partial charge >= 0.3 is 5.97 Å². The number of carboxylic acid groups (broad SMARTS) is 1. The lowest BCUT2D eigenvalue weighted by atomic mass is 10.1. The van der Waals surface area contributed by atoms with Gasteiger partial charge in [0.1, 0.15) is 5.56 Å². The molecule has 1 aromatic carbocycles. The average molecular weight is 287 g/mol. The Hall–Kier alpha value is -2.96. The van der Waals surface area contributed by atoms with E-state index in [4.69, 9.17) is 5.11 Å². The van der Waals surface area contributed by atoms with Crippen LogP contribution in [-0.2, 0) is 6.54 Å². The van der Waals surface area contributed by atoms with E-state index < -0.39 is 16.6 Å². The van der Waals surface area contributed by atoms with Gasteiger partial charge in [-0.2, -0.15) is 0 Å². The Morgan fingerprint density at radius 3 is 2.81 bits per heavy atom. The molecule has 0 saturated carbocycles. The first kappa shape index (κ1) is 14.4. The lowest BCUT2D eigenvalue weighted by molar-refractivity contribution is -0.385. The number of nitrogens with zero attached hydrogens (tertiary/aromatic N) is 2. The van der Waals surface area contributed by atoms with E-state index in [0.717, 1.165) is 11.1 Å². The van der Waals surface area contributed by atoms with Crippen molar-refractivity contribution in [1.82, 2.24) is 4.98 Å². The molecule has 0 radical (unpaired) electrons. The normalized spacial score (nSPS) is 10.1. The zero-order valence-electron chi connectivity index (χ0n) is 11.2. The maximum Gasteiger partial charge on any atom is 0.342 e. The fourth-order valence-corrected chi connectivity index (χ4v) is 1.87. The van der Waals surface area contributed by atoms with Gasteiger partial charge in [-0.15, -0.1) is 0 Å². The van der Waals surface area contributed by atoms with Crippen LogP contribution in [0.15, 0.2) is 36.7 Å². The highest BCUT2D eigenvalue weighted by atomic mass is 16.6. The van der Waals surface area contributed by atoms with Gasteiger partial charge in [0.15, 0.2) is 0 Å². The van der Waals surface area contributed by atoms with Gasteiger partial charge in [-0.1, -0.05) is 0 Å².